The molecule has 6 atom stereocenters. The smallest absolute Gasteiger partial charge is 0.157 e. The average Bonchev–Trinajstić information content (AvgIpc) is 2.63. The first kappa shape index (κ1) is 8.85. The Morgan fingerprint density at radius 1 is 1.33 bits per heavy atom. The summed E-state index contributed by atoms with van der Waals surface area (Å²) in [5, 5.41) is 36.2. The lowest BCUT2D eigenvalue weighted by Gasteiger charge is -2.48. The van der Waals surface area contributed by atoms with Crippen molar-refractivity contribution in [3.8, 4) is 0 Å². The number of aliphatic hydroxyl groups excluding tert-OH is 3. The van der Waals surface area contributed by atoms with Crippen LogP contribution >= 0.6 is 8.58 Å². The molecule has 0 aromatic rings. The zero-order valence-electron chi connectivity index (χ0n) is 6.68. The van der Waals surface area contributed by atoms with E-state index in [0.29, 0.717) is 14.2 Å². The van der Waals surface area contributed by atoms with Crippen LogP contribution in [0, 0.1) is 5.92 Å². The standard InChI is InChI=1S/C7H13O4P/c1-2-7(12-2)3(6(10)11)4(8)5(7)9/h2-6,8-12H,1H3/t2?,3?,4-,5?,7?/m1/s1. The molecule has 70 valence electrons. The zero-order valence-corrected chi connectivity index (χ0v) is 7.68. The van der Waals surface area contributed by atoms with Gasteiger partial charge < -0.3 is 20.4 Å². The largest absolute Gasteiger partial charge is 0.390 e. The van der Waals surface area contributed by atoms with E-state index in [4.69, 9.17) is 10.2 Å². The van der Waals surface area contributed by atoms with Crippen LogP contribution in [0.25, 0.3) is 0 Å². The molecule has 1 aliphatic heterocycles. The predicted molar refractivity (Wildman–Crippen MR) is 44.2 cm³/mol. The summed E-state index contributed by atoms with van der Waals surface area (Å²) in [5.74, 6) is -0.541. The molecular formula is C7H13O4P. The van der Waals surface area contributed by atoms with Crippen LogP contribution in [-0.4, -0.2) is 49.7 Å². The van der Waals surface area contributed by atoms with Gasteiger partial charge in [-0.25, -0.2) is 0 Å². The predicted octanol–water partition coefficient (Wildman–Crippen LogP) is -1.53. The Labute approximate surface area is 72.0 Å². The van der Waals surface area contributed by atoms with Gasteiger partial charge >= 0.3 is 0 Å². The molecule has 1 aliphatic carbocycles. The quantitative estimate of drug-likeness (QED) is 0.300. The summed E-state index contributed by atoms with van der Waals surface area (Å²) >= 11 is 0. The molecule has 2 fully saturated rings. The van der Waals surface area contributed by atoms with Gasteiger partial charge in [-0.3, -0.25) is 0 Å². The molecule has 1 heterocycles. The molecule has 0 amide bonds. The van der Waals surface area contributed by atoms with Crippen molar-refractivity contribution in [2.45, 2.75) is 36.2 Å². The molecule has 2 rings (SSSR count). The fourth-order valence-electron chi connectivity index (χ4n) is 2.32. The van der Waals surface area contributed by atoms with Crippen molar-refractivity contribution in [1.29, 1.82) is 0 Å². The molecule has 0 radical (unpaired) electrons. The topological polar surface area (TPSA) is 80.9 Å². The van der Waals surface area contributed by atoms with E-state index in [1.54, 1.807) is 0 Å². The Kier molecular flexibility index (Phi) is 1.77. The lowest BCUT2D eigenvalue weighted by Crippen LogP contribution is -2.66. The van der Waals surface area contributed by atoms with E-state index in [1.165, 1.54) is 0 Å². The summed E-state index contributed by atoms with van der Waals surface area (Å²) < 4.78 is 0. The van der Waals surface area contributed by atoms with E-state index in [0.717, 1.165) is 0 Å². The van der Waals surface area contributed by atoms with Crippen molar-refractivity contribution in [2.75, 3.05) is 0 Å². The van der Waals surface area contributed by atoms with Gasteiger partial charge in [0, 0.05) is 5.16 Å². The summed E-state index contributed by atoms with van der Waals surface area (Å²) in [4.78, 5) is 0. The Balaban J connectivity index is 2.15. The van der Waals surface area contributed by atoms with Crippen LogP contribution in [0.5, 0.6) is 0 Å². The van der Waals surface area contributed by atoms with Crippen LogP contribution < -0.4 is 0 Å². The SMILES string of the molecule is CC1PC12C(O)[C@H](O)C2C(O)O. The first-order valence-corrected chi connectivity index (χ1v) is 5.09. The maximum absolute atomic E-state index is 9.43. The molecule has 0 bridgehead atoms. The highest BCUT2D eigenvalue weighted by molar-refractivity contribution is 7.50. The van der Waals surface area contributed by atoms with E-state index in [9.17, 15) is 10.2 Å². The first-order chi connectivity index (χ1) is 5.51. The maximum Gasteiger partial charge on any atom is 0.157 e. The second-order valence-electron chi connectivity index (χ2n) is 3.67. The molecule has 0 aromatic carbocycles. The van der Waals surface area contributed by atoms with Gasteiger partial charge in [0.1, 0.15) is 0 Å². The number of hydrogen-bond acceptors (Lipinski definition) is 4. The van der Waals surface area contributed by atoms with Gasteiger partial charge in [0.25, 0.3) is 0 Å². The first-order valence-electron chi connectivity index (χ1n) is 4.01. The van der Waals surface area contributed by atoms with Crippen LogP contribution in [0.15, 0.2) is 0 Å². The van der Waals surface area contributed by atoms with Gasteiger partial charge in [-0.1, -0.05) is 6.92 Å². The van der Waals surface area contributed by atoms with Crippen LogP contribution in [-0.2, 0) is 0 Å². The molecule has 2 aliphatic rings. The van der Waals surface area contributed by atoms with Crippen molar-refractivity contribution >= 4 is 8.58 Å². The van der Waals surface area contributed by atoms with E-state index < -0.39 is 24.4 Å². The molecule has 5 unspecified atom stereocenters. The number of hydrogen-bond donors (Lipinski definition) is 4. The van der Waals surface area contributed by atoms with Gasteiger partial charge in [-0.05, 0) is 5.66 Å². The average molecular weight is 192 g/mol. The van der Waals surface area contributed by atoms with Crippen LogP contribution in [0.3, 0.4) is 0 Å². The van der Waals surface area contributed by atoms with Crippen molar-refractivity contribution < 1.29 is 20.4 Å². The van der Waals surface area contributed by atoms with Gasteiger partial charge in [0.15, 0.2) is 6.29 Å². The molecule has 1 spiro atoms. The van der Waals surface area contributed by atoms with Crippen LogP contribution in [0.4, 0.5) is 0 Å². The lowest BCUT2D eigenvalue weighted by molar-refractivity contribution is -0.213. The summed E-state index contributed by atoms with van der Waals surface area (Å²) in [6, 6.07) is 0. The fourth-order valence-corrected chi connectivity index (χ4v) is 4.21. The van der Waals surface area contributed by atoms with Gasteiger partial charge in [-0.15, -0.1) is 8.58 Å². The highest BCUT2D eigenvalue weighted by Gasteiger charge is 2.74. The van der Waals surface area contributed by atoms with Crippen LogP contribution in [0.1, 0.15) is 6.92 Å². The van der Waals surface area contributed by atoms with Crippen molar-refractivity contribution in [3.63, 3.8) is 0 Å². The number of aliphatic hydroxyl groups is 4. The Morgan fingerprint density at radius 2 is 1.83 bits per heavy atom. The Hall–Kier alpha value is 0.270. The van der Waals surface area contributed by atoms with Crippen molar-refractivity contribution in [3.05, 3.63) is 0 Å². The lowest BCUT2D eigenvalue weighted by atomic mass is 9.66. The molecule has 1 saturated carbocycles. The molecule has 0 aromatic heterocycles. The minimum Gasteiger partial charge on any atom is -0.390 e. The van der Waals surface area contributed by atoms with E-state index in [2.05, 4.69) is 0 Å². The fraction of sp³-hybridized carbons (Fsp3) is 1.00. The van der Waals surface area contributed by atoms with E-state index in [-0.39, 0.29) is 5.16 Å². The third-order valence-corrected chi connectivity index (χ3v) is 5.32. The highest BCUT2D eigenvalue weighted by atomic mass is 31.1. The maximum atomic E-state index is 9.43. The third kappa shape index (κ3) is 0.797. The van der Waals surface area contributed by atoms with Crippen molar-refractivity contribution in [2.24, 2.45) is 5.92 Å². The summed E-state index contributed by atoms with van der Waals surface area (Å²) in [7, 11) is 0.547. The molecule has 12 heavy (non-hydrogen) atoms. The monoisotopic (exact) mass is 192 g/mol. The summed E-state index contributed by atoms with van der Waals surface area (Å²) in [6.45, 7) is 1.96. The third-order valence-electron chi connectivity index (χ3n) is 3.15. The second kappa shape index (κ2) is 2.40. The second-order valence-corrected chi connectivity index (χ2v) is 5.69. The Morgan fingerprint density at radius 3 is 2.08 bits per heavy atom. The molecule has 4 N–H and O–H groups in total. The van der Waals surface area contributed by atoms with Gasteiger partial charge in [0.05, 0.1) is 18.1 Å². The molecular weight excluding hydrogens is 179 g/mol. The zero-order chi connectivity index (χ0) is 9.09. The minimum atomic E-state index is -1.50. The minimum absolute atomic E-state index is 0.322. The summed E-state index contributed by atoms with van der Waals surface area (Å²) in [5.41, 5.74) is 0.322. The molecule has 4 nitrogen and oxygen atoms in total. The van der Waals surface area contributed by atoms with Gasteiger partial charge in [0.2, 0.25) is 0 Å². The van der Waals surface area contributed by atoms with E-state index in [1.807, 2.05) is 6.92 Å². The molecule has 1 saturated heterocycles. The van der Waals surface area contributed by atoms with Gasteiger partial charge in [-0.2, -0.15) is 0 Å². The summed E-state index contributed by atoms with van der Waals surface area (Å²) in [6.07, 6.45) is -3.21. The van der Waals surface area contributed by atoms with Crippen LogP contribution in [0.2, 0.25) is 0 Å². The normalized spacial score (nSPS) is 59.5. The highest BCUT2D eigenvalue weighted by Crippen LogP contribution is 2.73. The van der Waals surface area contributed by atoms with Crippen molar-refractivity contribution in [1.82, 2.24) is 0 Å². The number of rotatable bonds is 1. The Bertz CT molecular complexity index is 210. The van der Waals surface area contributed by atoms with E-state index >= 15 is 0 Å². The molecule has 5 heteroatoms.